The summed E-state index contributed by atoms with van der Waals surface area (Å²) in [6.45, 7) is 4.25. The van der Waals surface area contributed by atoms with Crippen LogP contribution in [0, 0.1) is 6.92 Å². The Labute approximate surface area is 191 Å². The van der Waals surface area contributed by atoms with Gasteiger partial charge in [0.2, 0.25) is 11.8 Å². The second-order valence-corrected chi connectivity index (χ2v) is 8.25. The van der Waals surface area contributed by atoms with Gasteiger partial charge < -0.3 is 19.5 Å². The van der Waals surface area contributed by atoms with Crippen LogP contribution < -0.4 is 19.5 Å². The van der Waals surface area contributed by atoms with Gasteiger partial charge in [0.25, 0.3) is 0 Å². The topological polar surface area (TPSA) is 89.5 Å². The maximum atomic E-state index is 12.9. The lowest BCUT2D eigenvalue weighted by Gasteiger charge is -2.14. The minimum Gasteiger partial charge on any atom is -0.497 e. The largest absolute Gasteiger partial charge is 0.497 e. The molecule has 1 aliphatic heterocycles. The number of amides is 2. The minimum atomic E-state index is -0.568. The molecule has 1 N–H and O–H groups in total. The fourth-order valence-electron chi connectivity index (χ4n) is 3.29. The van der Waals surface area contributed by atoms with Crippen LogP contribution in [-0.2, 0) is 9.59 Å². The van der Waals surface area contributed by atoms with Gasteiger partial charge in [0.05, 0.1) is 27.0 Å². The molecule has 1 atom stereocenters. The van der Waals surface area contributed by atoms with Gasteiger partial charge in [-0.2, -0.15) is 0 Å². The number of thioether (sulfide) groups is 1. The molecule has 8 nitrogen and oxygen atoms in total. The predicted octanol–water partition coefficient (Wildman–Crippen LogP) is 4.00. The van der Waals surface area contributed by atoms with Crippen molar-refractivity contribution >= 4 is 40.1 Å². The number of amidine groups is 1. The number of hydrogen-bond acceptors (Lipinski definition) is 7. The summed E-state index contributed by atoms with van der Waals surface area (Å²) in [4.78, 5) is 31.9. The molecule has 2 aromatic rings. The Kier molecular flexibility index (Phi) is 7.63. The number of carbonyl (C=O) groups is 2. The summed E-state index contributed by atoms with van der Waals surface area (Å²) in [5.74, 6) is 1.35. The highest BCUT2D eigenvalue weighted by Gasteiger charge is 2.38. The number of carbonyl (C=O) groups excluding carboxylic acids is 2. The number of nitrogens with zero attached hydrogens (tertiary/aromatic N) is 2. The van der Waals surface area contributed by atoms with Gasteiger partial charge in [-0.05, 0) is 43.7 Å². The van der Waals surface area contributed by atoms with Crippen molar-refractivity contribution in [1.82, 2.24) is 4.90 Å². The lowest BCUT2D eigenvalue weighted by molar-refractivity contribution is -0.128. The van der Waals surface area contributed by atoms with E-state index in [-0.39, 0.29) is 18.2 Å². The van der Waals surface area contributed by atoms with E-state index in [1.807, 2.05) is 26.0 Å². The third kappa shape index (κ3) is 5.16. The molecule has 1 saturated heterocycles. The number of anilines is 1. The summed E-state index contributed by atoms with van der Waals surface area (Å²) in [7, 11) is 4.68. The molecule has 1 unspecified atom stereocenters. The van der Waals surface area contributed by atoms with Crippen molar-refractivity contribution in [2.75, 3.05) is 33.2 Å². The first-order valence-corrected chi connectivity index (χ1v) is 11.0. The van der Waals surface area contributed by atoms with Crippen LogP contribution in [0.4, 0.5) is 11.4 Å². The Morgan fingerprint density at radius 1 is 1.09 bits per heavy atom. The Balaban J connectivity index is 1.79. The quantitative estimate of drug-likeness (QED) is 0.645. The molecule has 2 amide bonds. The molecule has 0 saturated carbocycles. The fourth-order valence-corrected chi connectivity index (χ4v) is 4.51. The minimum absolute atomic E-state index is 0.0192. The number of ether oxygens (including phenoxy) is 3. The second kappa shape index (κ2) is 10.4. The molecule has 1 fully saturated rings. The number of benzene rings is 2. The van der Waals surface area contributed by atoms with Crippen LogP contribution in [0.25, 0.3) is 0 Å². The molecule has 0 spiro atoms. The zero-order valence-corrected chi connectivity index (χ0v) is 19.6. The zero-order chi connectivity index (χ0) is 23.3. The summed E-state index contributed by atoms with van der Waals surface area (Å²) < 4.78 is 16.0. The summed E-state index contributed by atoms with van der Waals surface area (Å²) in [5.41, 5.74) is 2.12. The molecule has 1 aliphatic rings. The maximum absolute atomic E-state index is 12.9. The first kappa shape index (κ1) is 23.5. The zero-order valence-electron chi connectivity index (χ0n) is 18.8. The third-order valence-electron chi connectivity index (χ3n) is 4.94. The highest BCUT2D eigenvalue weighted by atomic mass is 32.2. The molecule has 0 bridgehead atoms. The van der Waals surface area contributed by atoms with Gasteiger partial charge >= 0.3 is 0 Å². The number of hydrogen-bond donors (Lipinski definition) is 1. The van der Waals surface area contributed by atoms with Crippen molar-refractivity contribution in [2.24, 2.45) is 4.99 Å². The molecule has 0 radical (unpaired) electrons. The molecular weight excluding hydrogens is 430 g/mol. The molecule has 3 rings (SSSR count). The predicted molar refractivity (Wildman–Crippen MR) is 126 cm³/mol. The van der Waals surface area contributed by atoms with Crippen LogP contribution in [0.3, 0.4) is 0 Å². The smallest absolute Gasteiger partial charge is 0.242 e. The first-order valence-electron chi connectivity index (χ1n) is 10.1. The van der Waals surface area contributed by atoms with Gasteiger partial charge in [-0.25, -0.2) is 4.99 Å². The van der Waals surface area contributed by atoms with Gasteiger partial charge in [-0.1, -0.05) is 17.8 Å². The normalized spacial score (nSPS) is 16.9. The fraction of sp³-hybridized carbons (Fsp3) is 0.348. The highest BCUT2D eigenvalue weighted by Crippen LogP contribution is 2.36. The lowest BCUT2D eigenvalue weighted by atomic mass is 10.2. The van der Waals surface area contributed by atoms with Crippen LogP contribution in [0.5, 0.6) is 17.2 Å². The van der Waals surface area contributed by atoms with Crippen molar-refractivity contribution in [3.8, 4) is 17.2 Å². The van der Waals surface area contributed by atoms with E-state index in [1.165, 1.54) is 11.8 Å². The van der Waals surface area contributed by atoms with Crippen LogP contribution in [0.15, 0.2) is 41.4 Å². The van der Waals surface area contributed by atoms with E-state index >= 15 is 0 Å². The second-order valence-electron chi connectivity index (χ2n) is 7.08. The molecule has 0 aromatic heterocycles. The Morgan fingerprint density at radius 2 is 1.81 bits per heavy atom. The number of methoxy groups -OCH3 is 3. The van der Waals surface area contributed by atoms with E-state index in [9.17, 15) is 9.59 Å². The van der Waals surface area contributed by atoms with E-state index in [2.05, 4.69) is 10.3 Å². The Bertz CT molecular complexity index is 1040. The standard InChI is InChI=1S/C23H27N3O5S/c1-6-26-22(28)20(13-21(27)24-16-11-14(2)7-9-18(16)30-4)32-23(26)25-17-12-15(29-3)8-10-19(17)31-5/h7-12,20H,6,13H2,1-5H3,(H,24,27). The summed E-state index contributed by atoms with van der Waals surface area (Å²) in [6.07, 6.45) is 0.0192. The average molecular weight is 458 g/mol. The Morgan fingerprint density at radius 3 is 2.47 bits per heavy atom. The SMILES string of the molecule is CCN1C(=O)C(CC(=O)Nc2cc(C)ccc2OC)SC1=Nc1cc(OC)ccc1OC. The van der Waals surface area contributed by atoms with Gasteiger partial charge in [0.15, 0.2) is 5.17 Å². The van der Waals surface area contributed by atoms with Crippen LogP contribution in [0.2, 0.25) is 0 Å². The Hall–Kier alpha value is -3.20. The van der Waals surface area contributed by atoms with Crippen LogP contribution in [0.1, 0.15) is 18.9 Å². The average Bonchev–Trinajstić information content (AvgIpc) is 3.07. The van der Waals surface area contributed by atoms with Crippen LogP contribution in [-0.4, -0.2) is 55.0 Å². The monoisotopic (exact) mass is 457 g/mol. The summed E-state index contributed by atoms with van der Waals surface area (Å²) >= 11 is 1.27. The van der Waals surface area contributed by atoms with E-state index in [4.69, 9.17) is 14.2 Å². The number of nitrogens with one attached hydrogen (secondary N) is 1. The van der Waals surface area contributed by atoms with Gasteiger partial charge in [0, 0.05) is 19.0 Å². The van der Waals surface area contributed by atoms with Crippen molar-refractivity contribution < 1.29 is 23.8 Å². The van der Waals surface area contributed by atoms with E-state index < -0.39 is 5.25 Å². The molecule has 170 valence electrons. The summed E-state index contributed by atoms with van der Waals surface area (Å²) in [5, 5.41) is 2.81. The van der Waals surface area contributed by atoms with Gasteiger partial charge in [-0.15, -0.1) is 0 Å². The molecule has 0 aliphatic carbocycles. The number of aliphatic imine (C=N–C) groups is 1. The molecule has 32 heavy (non-hydrogen) atoms. The van der Waals surface area contributed by atoms with Crippen molar-refractivity contribution in [3.63, 3.8) is 0 Å². The van der Waals surface area contributed by atoms with E-state index in [0.29, 0.717) is 40.3 Å². The third-order valence-corrected chi connectivity index (χ3v) is 6.11. The molecule has 2 aromatic carbocycles. The lowest BCUT2D eigenvalue weighted by Crippen LogP contribution is -2.33. The number of aryl methyl sites for hydroxylation is 1. The van der Waals surface area contributed by atoms with Crippen molar-refractivity contribution in [2.45, 2.75) is 25.5 Å². The van der Waals surface area contributed by atoms with Crippen LogP contribution >= 0.6 is 11.8 Å². The molecule has 9 heteroatoms. The first-order chi connectivity index (χ1) is 15.4. The van der Waals surface area contributed by atoms with Gasteiger partial charge in [-0.3, -0.25) is 14.5 Å². The van der Waals surface area contributed by atoms with Gasteiger partial charge in [0.1, 0.15) is 28.2 Å². The van der Waals surface area contributed by atoms with E-state index in [1.54, 1.807) is 50.5 Å². The van der Waals surface area contributed by atoms with E-state index in [0.717, 1.165) is 5.56 Å². The van der Waals surface area contributed by atoms with Crippen molar-refractivity contribution in [1.29, 1.82) is 0 Å². The maximum Gasteiger partial charge on any atom is 0.242 e. The summed E-state index contributed by atoms with van der Waals surface area (Å²) in [6, 6.07) is 10.8. The van der Waals surface area contributed by atoms with Crippen molar-refractivity contribution in [3.05, 3.63) is 42.0 Å². The molecule has 1 heterocycles. The molecular formula is C23H27N3O5S. The highest BCUT2D eigenvalue weighted by molar-refractivity contribution is 8.15. The number of rotatable bonds is 8.